The van der Waals surface area contributed by atoms with Crippen molar-refractivity contribution in [2.24, 2.45) is 0 Å². The maximum Gasteiger partial charge on any atom is 0.312 e. The van der Waals surface area contributed by atoms with Crippen LogP contribution in [0, 0.1) is 5.82 Å². The third kappa shape index (κ3) is 2.09. The van der Waals surface area contributed by atoms with E-state index in [2.05, 4.69) is 0 Å². The molecule has 0 spiro atoms. The van der Waals surface area contributed by atoms with Gasteiger partial charge in [0, 0.05) is 5.02 Å². The highest BCUT2D eigenvalue weighted by Gasteiger charge is 2.13. The number of ether oxygens (including phenoxy) is 1. The van der Waals surface area contributed by atoms with E-state index in [1.165, 1.54) is 16.7 Å². The molecule has 0 saturated heterocycles. The molecule has 0 radical (unpaired) electrons. The van der Waals surface area contributed by atoms with Crippen LogP contribution in [-0.4, -0.2) is 11.7 Å². The maximum absolute atomic E-state index is 14.0. The highest BCUT2D eigenvalue weighted by atomic mass is 35.5. The number of rotatable bonds is 2. The van der Waals surface area contributed by atoms with Crippen LogP contribution in [0.25, 0.3) is 15.9 Å². The van der Waals surface area contributed by atoms with Crippen molar-refractivity contribution in [2.45, 2.75) is 0 Å². The fraction of sp³-hybridized carbons (Fsp3) is 0.0714. The molecule has 0 saturated carbocycles. The summed E-state index contributed by atoms with van der Waals surface area (Å²) in [5.74, 6) is 0.123. The molecule has 0 aliphatic carbocycles. The molecule has 1 heterocycles. The molecular weight excluding hydrogens is 301 g/mol. The standard InChI is InChI=1S/C14H9ClFNO2S/c1-19-9-3-5-12-13(7-9)20-14(18)17(12)11-4-2-8(15)6-10(11)16/h2-7H,1H3. The van der Waals surface area contributed by atoms with Gasteiger partial charge in [-0.3, -0.25) is 9.36 Å². The Kier molecular flexibility index (Phi) is 3.23. The lowest BCUT2D eigenvalue weighted by Crippen LogP contribution is -2.11. The molecular formula is C14H9ClFNO2S. The fourth-order valence-electron chi connectivity index (χ4n) is 2.02. The Morgan fingerprint density at radius 3 is 2.75 bits per heavy atom. The Hall–Kier alpha value is -1.85. The van der Waals surface area contributed by atoms with E-state index in [0.29, 0.717) is 16.3 Å². The number of hydrogen-bond donors (Lipinski definition) is 0. The molecule has 0 aliphatic rings. The van der Waals surface area contributed by atoms with E-state index in [0.717, 1.165) is 16.0 Å². The van der Waals surface area contributed by atoms with Crippen molar-refractivity contribution in [2.75, 3.05) is 7.11 Å². The quantitative estimate of drug-likeness (QED) is 0.720. The monoisotopic (exact) mass is 309 g/mol. The van der Waals surface area contributed by atoms with Crippen molar-refractivity contribution >= 4 is 33.2 Å². The summed E-state index contributed by atoms with van der Waals surface area (Å²) in [4.78, 5) is 11.9. The smallest absolute Gasteiger partial charge is 0.312 e. The van der Waals surface area contributed by atoms with Gasteiger partial charge in [-0.1, -0.05) is 22.9 Å². The van der Waals surface area contributed by atoms with Crippen LogP contribution in [-0.2, 0) is 0 Å². The van der Waals surface area contributed by atoms with E-state index in [9.17, 15) is 9.18 Å². The minimum atomic E-state index is -0.532. The minimum absolute atomic E-state index is 0.191. The molecule has 0 N–H and O–H groups in total. The second-order valence-electron chi connectivity index (χ2n) is 4.13. The summed E-state index contributed by atoms with van der Waals surface area (Å²) >= 11 is 6.78. The van der Waals surface area contributed by atoms with Gasteiger partial charge >= 0.3 is 4.87 Å². The largest absolute Gasteiger partial charge is 0.497 e. The molecule has 0 atom stereocenters. The highest BCUT2D eigenvalue weighted by Crippen LogP contribution is 2.27. The summed E-state index contributed by atoms with van der Waals surface area (Å²) in [6.45, 7) is 0. The number of fused-ring (bicyclic) bond motifs is 1. The molecule has 1 aromatic heterocycles. The SMILES string of the molecule is COc1ccc2c(c1)sc(=O)n2-c1ccc(Cl)cc1F. The third-order valence-electron chi connectivity index (χ3n) is 2.94. The molecule has 0 amide bonds. The van der Waals surface area contributed by atoms with E-state index in [1.54, 1.807) is 31.4 Å². The van der Waals surface area contributed by atoms with Crippen LogP contribution in [0.1, 0.15) is 0 Å². The van der Waals surface area contributed by atoms with Gasteiger partial charge < -0.3 is 4.74 Å². The first-order valence-corrected chi connectivity index (χ1v) is 6.94. The summed E-state index contributed by atoms with van der Waals surface area (Å²) in [7, 11) is 1.56. The zero-order valence-corrected chi connectivity index (χ0v) is 12.0. The van der Waals surface area contributed by atoms with E-state index >= 15 is 0 Å². The normalized spacial score (nSPS) is 10.9. The second-order valence-corrected chi connectivity index (χ2v) is 5.56. The summed E-state index contributed by atoms with van der Waals surface area (Å²) in [6, 6.07) is 9.47. The van der Waals surface area contributed by atoms with Crippen molar-refractivity contribution in [3.63, 3.8) is 0 Å². The molecule has 0 fully saturated rings. The van der Waals surface area contributed by atoms with E-state index in [4.69, 9.17) is 16.3 Å². The van der Waals surface area contributed by atoms with Crippen molar-refractivity contribution in [1.29, 1.82) is 0 Å². The Morgan fingerprint density at radius 2 is 2.05 bits per heavy atom. The number of thiazole rings is 1. The zero-order valence-electron chi connectivity index (χ0n) is 10.4. The van der Waals surface area contributed by atoms with Gasteiger partial charge in [0.25, 0.3) is 0 Å². The summed E-state index contributed by atoms with van der Waals surface area (Å²) in [6.07, 6.45) is 0. The Bertz CT molecular complexity index is 856. The first-order chi connectivity index (χ1) is 9.60. The molecule has 20 heavy (non-hydrogen) atoms. The fourth-order valence-corrected chi connectivity index (χ4v) is 3.09. The van der Waals surface area contributed by atoms with Crippen LogP contribution in [0.3, 0.4) is 0 Å². The first-order valence-electron chi connectivity index (χ1n) is 5.75. The third-order valence-corrected chi connectivity index (χ3v) is 4.08. The molecule has 102 valence electrons. The van der Waals surface area contributed by atoms with Crippen molar-refractivity contribution in [3.8, 4) is 11.4 Å². The number of nitrogens with zero attached hydrogens (tertiary/aromatic N) is 1. The average molecular weight is 310 g/mol. The average Bonchev–Trinajstić information content (AvgIpc) is 2.74. The molecule has 0 aliphatic heterocycles. The molecule has 3 rings (SSSR count). The lowest BCUT2D eigenvalue weighted by molar-refractivity contribution is 0.415. The van der Waals surface area contributed by atoms with Gasteiger partial charge in [0.05, 0.1) is 23.0 Å². The molecule has 0 bridgehead atoms. The number of aromatic nitrogens is 1. The zero-order chi connectivity index (χ0) is 14.3. The second kappa shape index (κ2) is 4.92. The van der Waals surface area contributed by atoms with Gasteiger partial charge in [0.2, 0.25) is 0 Å². The van der Waals surface area contributed by atoms with Crippen molar-refractivity contribution < 1.29 is 9.13 Å². The minimum Gasteiger partial charge on any atom is -0.497 e. The maximum atomic E-state index is 14.0. The predicted octanol–water partition coefficient (Wildman–Crippen LogP) is 3.85. The van der Waals surface area contributed by atoms with Gasteiger partial charge in [-0.05, 0) is 36.4 Å². The summed E-state index contributed by atoms with van der Waals surface area (Å²) in [5.41, 5.74) is 0.831. The van der Waals surface area contributed by atoms with Gasteiger partial charge in [-0.2, -0.15) is 0 Å². The van der Waals surface area contributed by atoms with Crippen LogP contribution in [0.4, 0.5) is 4.39 Å². The van der Waals surface area contributed by atoms with E-state index in [1.807, 2.05) is 0 Å². The van der Waals surface area contributed by atoms with Gasteiger partial charge in [0.1, 0.15) is 11.6 Å². The summed E-state index contributed by atoms with van der Waals surface area (Å²) < 4.78 is 21.2. The number of halogens is 2. The lowest BCUT2D eigenvalue weighted by Gasteiger charge is -2.06. The van der Waals surface area contributed by atoms with Crippen LogP contribution in [0.2, 0.25) is 5.02 Å². The van der Waals surface area contributed by atoms with E-state index in [-0.39, 0.29) is 10.6 Å². The van der Waals surface area contributed by atoms with Crippen LogP contribution >= 0.6 is 22.9 Å². The first kappa shape index (κ1) is 13.1. The van der Waals surface area contributed by atoms with Gasteiger partial charge in [-0.15, -0.1) is 0 Å². The van der Waals surface area contributed by atoms with Gasteiger partial charge in [0.15, 0.2) is 0 Å². The molecule has 2 aromatic carbocycles. The molecule has 3 aromatic rings. The van der Waals surface area contributed by atoms with Crippen LogP contribution in [0.5, 0.6) is 5.75 Å². The highest BCUT2D eigenvalue weighted by molar-refractivity contribution is 7.16. The molecule has 6 heteroatoms. The van der Waals surface area contributed by atoms with E-state index < -0.39 is 5.82 Å². The topological polar surface area (TPSA) is 31.2 Å². The van der Waals surface area contributed by atoms with Crippen molar-refractivity contribution in [1.82, 2.24) is 4.57 Å². The molecule has 0 unspecified atom stereocenters. The van der Waals surface area contributed by atoms with Crippen molar-refractivity contribution in [3.05, 3.63) is 56.9 Å². The summed E-state index contributed by atoms with van der Waals surface area (Å²) in [5, 5.41) is 0.292. The number of hydrogen-bond acceptors (Lipinski definition) is 3. The Labute approximate surface area is 122 Å². The lowest BCUT2D eigenvalue weighted by atomic mass is 10.2. The number of benzene rings is 2. The van der Waals surface area contributed by atoms with Crippen LogP contribution in [0.15, 0.2) is 41.2 Å². The Balaban J connectivity index is 2.31. The number of methoxy groups -OCH3 is 1. The van der Waals surface area contributed by atoms with Gasteiger partial charge in [-0.25, -0.2) is 4.39 Å². The molecule has 3 nitrogen and oxygen atoms in total. The Morgan fingerprint density at radius 1 is 1.25 bits per heavy atom. The predicted molar refractivity (Wildman–Crippen MR) is 78.9 cm³/mol. The van der Waals surface area contributed by atoms with Crippen LogP contribution < -0.4 is 9.61 Å².